The monoisotopic (exact) mass is 419 g/mol. The quantitative estimate of drug-likeness (QED) is 0.551. The van der Waals surface area contributed by atoms with Crippen LogP contribution >= 0.6 is 23.4 Å². The van der Waals surface area contributed by atoms with Crippen molar-refractivity contribution in [2.24, 2.45) is 0 Å². The third-order valence-corrected chi connectivity index (χ3v) is 4.78. The number of amides is 1. The van der Waals surface area contributed by atoms with Crippen LogP contribution in [0.25, 0.3) is 0 Å². The van der Waals surface area contributed by atoms with E-state index in [1.54, 1.807) is 25.3 Å². The van der Waals surface area contributed by atoms with Gasteiger partial charge in [0.05, 0.1) is 32.1 Å². The topological polar surface area (TPSA) is 86.5 Å². The molecule has 146 valence electrons. The van der Waals surface area contributed by atoms with Gasteiger partial charge in [-0.15, -0.1) is 10.2 Å². The van der Waals surface area contributed by atoms with E-state index in [0.717, 1.165) is 23.1 Å². The van der Waals surface area contributed by atoms with Crippen molar-refractivity contribution in [3.8, 4) is 11.5 Å². The number of nitrogens with zero attached hydrogens (tertiary/aromatic N) is 2. The second-order valence-corrected chi connectivity index (χ2v) is 7.03. The van der Waals surface area contributed by atoms with Gasteiger partial charge in [0, 0.05) is 5.02 Å². The molecule has 0 aliphatic carbocycles. The maximum Gasteiger partial charge on any atom is 0.277 e. The van der Waals surface area contributed by atoms with Crippen LogP contribution in [-0.2, 0) is 11.2 Å². The summed E-state index contributed by atoms with van der Waals surface area (Å²) in [5.41, 5.74) is 1.53. The number of methoxy groups -OCH3 is 2. The van der Waals surface area contributed by atoms with Crippen molar-refractivity contribution >= 4 is 35.0 Å². The van der Waals surface area contributed by atoms with Gasteiger partial charge in [-0.1, -0.05) is 35.5 Å². The molecule has 1 amide bonds. The molecule has 7 nitrogen and oxygen atoms in total. The molecule has 3 rings (SSSR count). The fraction of sp³-hybridized carbons (Fsp3) is 0.211. The summed E-state index contributed by atoms with van der Waals surface area (Å²) in [5.74, 6) is 1.67. The molecule has 0 spiro atoms. The Labute approximate surface area is 171 Å². The molecule has 0 unspecified atom stereocenters. The normalized spacial score (nSPS) is 10.5. The van der Waals surface area contributed by atoms with E-state index in [-0.39, 0.29) is 11.7 Å². The predicted molar refractivity (Wildman–Crippen MR) is 107 cm³/mol. The molecular weight excluding hydrogens is 402 g/mol. The molecule has 0 aliphatic rings. The number of hydrogen-bond acceptors (Lipinski definition) is 7. The highest BCUT2D eigenvalue weighted by Crippen LogP contribution is 2.28. The zero-order chi connectivity index (χ0) is 19.9. The van der Waals surface area contributed by atoms with Gasteiger partial charge in [0.15, 0.2) is 0 Å². The average molecular weight is 420 g/mol. The minimum absolute atomic E-state index is 0.111. The van der Waals surface area contributed by atoms with Crippen molar-refractivity contribution in [1.82, 2.24) is 10.2 Å². The van der Waals surface area contributed by atoms with E-state index >= 15 is 0 Å². The molecule has 2 aromatic carbocycles. The van der Waals surface area contributed by atoms with Crippen LogP contribution in [-0.4, -0.2) is 36.1 Å². The second kappa shape index (κ2) is 9.48. The molecule has 28 heavy (non-hydrogen) atoms. The molecule has 0 saturated heterocycles. The lowest BCUT2D eigenvalue weighted by Gasteiger charge is -2.09. The van der Waals surface area contributed by atoms with E-state index in [2.05, 4.69) is 15.5 Å². The molecule has 0 bridgehead atoms. The summed E-state index contributed by atoms with van der Waals surface area (Å²) in [5, 5.41) is 11.6. The highest BCUT2D eigenvalue weighted by molar-refractivity contribution is 7.99. The van der Waals surface area contributed by atoms with Gasteiger partial charge in [0.25, 0.3) is 5.22 Å². The number of nitrogens with one attached hydrogen (secondary N) is 1. The van der Waals surface area contributed by atoms with Gasteiger partial charge in [0.2, 0.25) is 11.8 Å². The molecule has 0 aliphatic heterocycles. The van der Waals surface area contributed by atoms with Crippen molar-refractivity contribution in [2.45, 2.75) is 11.6 Å². The van der Waals surface area contributed by atoms with Crippen molar-refractivity contribution in [3.63, 3.8) is 0 Å². The van der Waals surface area contributed by atoms with Crippen molar-refractivity contribution in [3.05, 3.63) is 58.9 Å². The van der Waals surface area contributed by atoms with E-state index in [1.165, 1.54) is 7.11 Å². The lowest BCUT2D eigenvalue weighted by atomic mass is 10.1. The summed E-state index contributed by atoms with van der Waals surface area (Å²) in [6.45, 7) is 0. The van der Waals surface area contributed by atoms with Crippen LogP contribution in [0.5, 0.6) is 11.5 Å². The molecule has 0 atom stereocenters. The first kappa shape index (κ1) is 20.0. The molecule has 1 N–H and O–H groups in total. The van der Waals surface area contributed by atoms with Gasteiger partial charge in [-0.25, -0.2) is 0 Å². The molecule has 0 fully saturated rings. The molecule has 1 heterocycles. The Hall–Kier alpha value is -2.71. The zero-order valence-electron chi connectivity index (χ0n) is 15.3. The van der Waals surface area contributed by atoms with E-state index in [0.29, 0.717) is 34.0 Å². The predicted octanol–water partition coefficient (Wildman–Crippen LogP) is 4.06. The number of rotatable bonds is 8. The van der Waals surface area contributed by atoms with E-state index in [1.807, 2.05) is 24.3 Å². The Morgan fingerprint density at radius 3 is 2.64 bits per heavy atom. The van der Waals surface area contributed by atoms with E-state index < -0.39 is 0 Å². The Bertz CT molecular complexity index is 947. The Morgan fingerprint density at radius 1 is 1.14 bits per heavy atom. The van der Waals surface area contributed by atoms with Crippen LogP contribution in [0, 0.1) is 0 Å². The third-order valence-electron chi connectivity index (χ3n) is 3.73. The number of benzene rings is 2. The summed E-state index contributed by atoms with van der Waals surface area (Å²) in [6.07, 6.45) is 0.503. The highest BCUT2D eigenvalue weighted by atomic mass is 35.5. The molecule has 9 heteroatoms. The van der Waals surface area contributed by atoms with Gasteiger partial charge in [-0.3, -0.25) is 4.79 Å². The molecule has 0 radical (unpaired) electrons. The zero-order valence-corrected chi connectivity index (χ0v) is 16.8. The van der Waals surface area contributed by atoms with E-state index in [9.17, 15) is 4.79 Å². The number of carbonyl (C=O) groups is 1. The first-order valence-electron chi connectivity index (χ1n) is 8.29. The summed E-state index contributed by atoms with van der Waals surface area (Å²) in [7, 11) is 3.14. The summed E-state index contributed by atoms with van der Waals surface area (Å²) >= 11 is 7.12. The average Bonchev–Trinajstić information content (AvgIpc) is 3.14. The summed E-state index contributed by atoms with van der Waals surface area (Å²) in [6, 6.07) is 12.6. The number of aromatic nitrogens is 2. The Kier molecular flexibility index (Phi) is 6.78. The van der Waals surface area contributed by atoms with Crippen LogP contribution in [0.4, 0.5) is 5.69 Å². The minimum atomic E-state index is -0.236. The van der Waals surface area contributed by atoms with Gasteiger partial charge < -0.3 is 19.2 Å². The lowest BCUT2D eigenvalue weighted by Crippen LogP contribution is -2.14. The van der Waals surface area contributed by atoms with Gasteiger partial charge >= 0.3 is 0 Å². The minimum Gasteiger partial charge on any atom is -0.497 e. The SMILES string of the molecule is COc1ccc(Cc2nnc(SCC(=O)Nc3cc(Cl)ccc3OC)o2)cc1. The number of hydrogen-bond donors (Lipinski definition) is 1. The Morgan fingerprint density at radius 2 is 1.93 bits per heavy atom. The number of ether oxygens (including phenoxy) is 2. The molecule has 3 aromatic rings. The van der Waals surface area contributed by atoms with Crippen molar-refractivity contribution in [2.75, 3.05) is 25.3 Å². The first-order valence-corrected chi connectivity index (χ1v) is 9.65. The van der Waals surface area contributed by atoms with Crippen LogP contribution in [0.1, 0.15) is 11.5 Å². The van der Waals surface area contributed by atoms with Crippen LogP contribution in [0.2, 0.25) is 5.02 Å². The fourth-order valence-corrected chi connectivity index (χ4v) is 3.13. The molecular formula is C19H18ClN3O4S. The van der Waals surface area contributed by atoms with Crippen LogP contribution in [0.15, 0.2) is 52.1 Å². The molecule has 1 aromatic heterocycles. The van der Waals surface area contributed by atoms with Gasteiger partial charge in [-0.05, 0) is 35.9 Å². The largest absolute Gasteiger partial charge is 0.497 e. The van der Waals surface area contributed by atoms with Crippen LogP contribution < -0.4 is 14.8 Å². The number of halogens is 1. The summed E-state index contributed by atoms with van der Waals surface area (Å²) in [4.78, 5) is 12.2. The second-order valence-electron chi connectivity index (χ2n) is 5.67. The van der Waals surface area contributed by atoms with Crippen molar-refractivity contribution in [1.29, 1.82) is 0 Å². The molecule has 0 saturated carbocycles. The number of thioether (sulfide) groups is 1. The maximum absolute atomic E-state index is 12.2. The number of anilines is 1. The van der Waals surface area contributed by atoms with Gasteiger partial charge in [-0.2, -0.15) is 0 Å². The summed E-state index contributed by atoms with van der Waals surface area (Å²) < 4.78 is 15.9. The maximum atomic E-state index is 12.2. The Balaban J connectivity index is 1.53. The number of carbonyl (C=O) groups excluding carboxylic acids is 1. The highest BCUT2D eigenvalue weighted by Gasteiger charge is 2.12. The smallest absolute Gasteiger partial charge is 0.277 e. The first-order chi connectivity index (χ1) is 13.6. The van der Waals surface area contributed by atoms with Crippen molar-refractivity contribution < 1.29 is 18.7 Å². The van der Waals surface area contributed by atoms with Gasteiger partial charge in [0.1, 0.15) is 11.5 Å². The van der Waals surface area contributed by atoms with E-state index in [4.69, 9.17) is 25.5 Å². The fourth-order valence-electron chi connectivity index (χ4n) is 2.38. The standard InChI is InChI=1S/C19H18ClN3O4S/c1-25-14-6-3-12(4-7-14)9-18-22-23-19(27-18)28-11-17(24)21-15-10-13(20)5-8-16(15)26-2/h3-8,10H,9,11H2,1-2H3,(H,21,24). The third kappa shape index (κ3) is 5.40. The van der Waals surface area contributed by atoms with Crippen LogP contribution in [0.3, 0.4) is 0 Å². The lowest BCUT2D eigenvalue weighted by molar-refractivity contribution is -0.113.